The van der Waals surface area contributed by atoms with Gasteiger partial charge in [-0.25, -0.2) is 4.79 Å². The maximum absolute atomic E-state index is 13.0. The number of aryl methyl sites for hydroxylation is 1. The van der Waals surface area contributed by atoms with Crippen molar-refractivity contribution < 1.29 is 32.7 Å². The maximum atomic E-state index is 13.0. The third-order valence-corrected chi connectivity index (χ3v) is 8.99. The van der Waals surface area contributed by atoms with Gasteiger partial charge in [0.15, 0.2) is 10.0 Å². The number of hydrogen-bond acceptors (Lipinski definition) is 9. The van der Waals surface area contributed by atoms with Gasteiger partial charge in [0.2, 0.25) is 5.91 Å². The molecule has 188 valence electrons. The zero-order valence-electron chi connectivity index (χ0n) is 17.9. The lowest BCUT2D eigenvalue weighted by Gasteiger charge is -2.49. The summed E-state index contributed by atoms with van der Waals surface area (Å²) in [6, 6.07) is -1.02. The minimum Gasteiger partial charge on any atom is -0.477 e. The van der Waals surface area contributed by atoms with Crippen LogP contribution in [0.25, 0.3) is 0 Å². The smallest absolute Gasteiger partial charge is 0.436 e. The first-order chi connectivity index (χ1) is 16.4. The molecule has 17 heteroatoms. The number of β-lactam (4-membered cyclic amide) rings is 1. The van der Waals surface area contributed by atoms with Crippen molar-refractivity contribution in [2.75, 3.05) is 11.5 Å². The number of carbonyl (C=O) groups excluding carboxylic acids is 2. The second kappa shape index (κ2) is 9.63. The molecule has 2 amide bonds. The van der Waals surface area contributed by atoms with Gasteiger partial charge < -0.3 is 10.4 Å². The van der Waals surface area contributed by atoms with E-state index in [0.717, 1.165) is 14.6 Å². The number of carboxylic acid groups (broad SMARTS) is 1. The number of carboxylic acids is 1. The van der Waals surface area contributed by atoms with E-state index in [9.17, 15) is 32.7 Å². The summed E-state index contributed by atoms with van der Waals surface area (Å²) in [5.74, 6) is -2.02. The highest BCUT2D eigenvalue weighted by Gasteiger charge is 2.54. The lowest BCUT2D eigenvalue weighted by molar-refractivity contribution is -0.150. The van der Waals surface area contributed by atoms with Crippen molar-refractivity contribution in [3.63, 3.8) is 0 Å². The molecule has 2 unspecified atom stereocenters. The highest BCUT2D eigenvalue weighted by molar-refractivity contribution is 8.01. The van der Waals surface area contributed by atoms with Crippen LogP contribution < -0.4 is 5.32 Å². The van der Waals surface area contributed by atoms with E-state index in [1.165, 1.54) is 41.8 Å². The van der Waals surface area contributed by atoms with Gasteiger partial charge in [-0.3, -0.25) is 19.2 Å². The molecule has 0 bridgehead atoms. The number of alkyl halides is 3. The fourth-order valence-electron chi connectivity index (χ4n) is 3.49. The van der Waals surface area contributed by atoms with Crippen LogP contribution >= 0.6 is 46.5 Å². The van der Waals surface area contributed by atoms with E-state index in [-0.39, 0.29) is 11.4 Å². The summed E-state index contributed by atoms with van der Waals surface area (Å²) in [5.41, 5.74) is -0.950. The Bertz CT molecular complexity index is 1250. The van der Waals surface area contributed by atoms with Gasteiger partial charge in [-0.15, -0.1) is 22.0 Å². The van der Waals surface area contributed by atoms with Crippen molar-refractivity contribution in [1.82, 2.24) is 30.2 Å². The molecule has 2 aromatic heterocycles. The van der Waals surface area contributed by atoms with Gasteiger partial charge in [-0.2, -0.15) is 18.3 Å². The van der Waals surface area contributed by atoms with E-state index < -0.39 is 52.6 Å². The monoisotopic (exact) mass is 568 g/mol. The predicted molar refractivity (Wildman–Crippen MR) is 122 cm³/mol. The van der Waals surface area contributed by atoms with Crippen molar-refractivity contribution in [3.8, 4) is 0 Å². The van der Waals surface area contributed by atoms with E-state index >= 15 is 0 Å². The Balaban J connectivity index is 1.44. The van der Waals surface area contributed by atoms with Crippen LogP contribution in [0.15, 0.2) is 15.6 Å². The summed E-state index contributed by atoms with van der Waals surface area (Å²) in [6.45, 7) is 2.50. The van der Waals surface area contributed by atoms with Gasteiger partial charge in [-0.05, 0) is 19.4 Å². The average Bonchev–Trinajstić information content (AvgIpc) is 3.32. The molecule has 2 aromatic rings. The van der Waals surface area contributed by atoms with Crippen LogP contribution in [0.1, 0.15) is 16.4 Å². The SMILES string of the molecule is Cc1nnc(SCC2=C(C(=O)O)N3C(=O)C(NC(=O)Cn4nc(C(F)(F)F)c(Cl)c4C)C3SC2)s1. The average molecular weight is 569 g/mol. The van der Waals surface area contributed by atoms with Crippen LogP contribution in [0.2, 0.25) is 5.02 Å². The van der Waals surface area contributed by atoms with E-state index in [1.54, 1.807) is 6.92 Å². The highest BCUT2D eigenvalue weighted by atomic mass is 35.5. The molecule has 0 radical (unpaired) electrons. The summed E-state index contributed by atoms with van der Waals surface area (Å²) in [4.78, 5) is 38.3. The molecule has 2 N–H and O–H groups in total. The molecule has 4 heterocycles. The molecule has 4 rings (SSSR count). The Labute approximate surface area is 213 Å². The molecule has 2 atom stereocenters. The summed E-state index contributed by atoms with van der Waals surface area (Å²) in [7, 11) is 0. The molecule has 0 aliphatic carbocycles. The van der Waals surface area contributed by atoms with Gasteiger partial charge in [0, 0.05) is 11.5 Å². The van der Waals surface area contributed by atoms with Crippen LogP contribution in [0.3, 0.4) is 0 Å². The number of nitrogens with one attached hydrogen (secondary N) is 1. The molecule has 10 nitrogen and oxygen atoms in total. The topological polar surface area (TPSA) is 130 Å². The molecule has 2 aliphatic heterocycles. The lowest BCUT2D eigenvalue weighted by Crippen LogP contribution is -2.70. The number of thioether (sulfide) groups is 2. The first-order valence-corrected chi connectivity index (χ1v) is 13.0. The van der Waals surface area contributed by atoms with Crippen molar-refractivity contribution in [1.29, 1.82) is 0 Å². The van der Waals surface area contributed by atoms with Crippen LogP contribution in [0.4, 0.5) is 13.2 Å². The number of fused-ring (bicyclic) bond motifs is 1. The highest BCUT2D eigenvalue weighted by Crippen LogP contribution is 2.42. The minimum atomic E-state index is -4.78. The number of rotatable bonds is 7. The first-order valence-electron chi connectivity index (χ1n) is 9.80. The molecule has 1 fully saturated rings. The second-order valence-electron chi connectivity index (χ2n) is 7.49. The molecular weight excluding hydrogens is 553 g/mol. The van der Waals surface area contributed by atoms with E-state index in [2.05, 4.69) is 20.6 Å². The van der Waals surface area contributed by atoms with Crippen molar-refractivity contribution >= 4 is 64.2 Å². The third kappa shape index (κ3) is 5.01. The van der Waals surface area contributed by atoms with Crippen molar-refractivity contribution in [3.05, 3.63) is 32.7 Å². The number of aromatic nitrogens is 4. The van der Waals surface area contributed by atoms with Gasteiger partial charge in [0.05, 0.1) is 10.7 Å². The van der Waals surface area contributed by atoms with Crippen LogP contribution in [-0.2, 0) is 27.1 Å². The van der Waals surface area contributed by atoms with E-state index in [0.29, 0.717) is 21.4 Å². The Morgan fingerprint density at radius 2 is 2.03 bits per heavy atom. The summed E-state index contributed by atoms with van der Waals surface area (Å²) < 4.78 is 40.5. The van der Waals surface area contributed by atoms with Crippen LogP contribution in [-0.4, -0.2) is 70.7 Å². The largest absolute Gasteiger partial charge is 0.477 e. The number of nitrogens with zero attached hydrogens (tertiary/aromatic N) is 5. The Kier molecular flexibility index (Phi) is 7.09. The number of halogens is 4. The van der Waals surface area contributed by atoms with E-state index in [4.69, 9.17) is 11.6 Å². The van der Waals surface area contributed by atoms with Gasteiger partial charge in [-0.1, -0.05) is 34.7 Å². The second-order valence-corrected chi connectivity index (χ2v) is 11.4. The third-order valence-electron chi connectivity index (χ3n) is 5.14. The maximum Gasteiger partial charge on any atom is 0.436 e. The summed E-state index contributed by atoms with van der Waals surface area (Å²) in [6.07, 6.45) is -4.78. The first kappa shape index (κ1) is 25.8. The fraction of sp³-hybridized carbons (Fsp3) is 0.444. The summed E-state index contributed by atoms with van der Waals surface area (Å²) >= 11 is 9.68. The van der Waals surface area contributed by atoms with Gasteiger partial charge >= 0.3 is 12.1 Å². The quantitative estimate of drug-likeness (QED) is 0.382. The number of aliphatic carboxylic acids is 1. The minimum absolute atomic E-state index is 0.0494. The van der Waals surface area contributed by atoms with Gasteiger partial charge in [0.25, 0.3) is 5.91 Å². The zero-order valence-corrected chi connectivity index (χ0v) is 21.1. The molecule has 1 saturated heterocycles. The Hall–Kier alpha value is -2.30. The molecule has 2 aliphatic rings. The summed E-state index contributed by atoms with van der Waals surface area (Å²) in [5, 5.41) is 23.0. The molecular formula is C18H16ClF3N6O4S3. The number of hydrogen-bond donors (Lipinski definition) is 2. The predicted octanol–water partition coefficient (Wildman–Crippen LogP) is 2.55. The van der Waals surface area contributed by atoms with Crippen molar-refractivity contribution in [2.24, 2.45) is 0 Å². The standard InChI is InChI=1S/C18H16ClF3N6O4S3/c1-6-10(19)13(18(20,21)22)26-27(6)3-9(29)23-11-14(30)28-12(16(31)32)8(4-33-15(11)28)5-34-17-25-24-7(2)35-17/h11,15H,3-5H2,1-2H3,(H,23,29)(H,31,32). The molecule has 0 saturated carbocycles. The Morgan fingerprint density at radius 1 is 1.31 bits per heavy atom. The molecule has 0 aromatic carbocycles. The Morgan fingerprint density at radius 3 is 2.60 bits per heavy atom. The molecule has 0 spiro atoms. The normalized spacial score (nSPS) is 20.1. The number of amides is 2. The molecule has 35 heavy (non-hydrogen) atoms. The fourth-order valence-corrected chi connectivity index (χ4v) is 7.04. The zero-order chi connectivity index (χ0) is 25.7. The van der Waals surface area contributed by atoms with Crippen LogP contribution in [0.5, 0.6) is 0 Å². The lowest BCUT2D eigenvalue weighted by atomic mass is 10.0. The van der Waals surface area contributed by atoms with Gasteiger partial charge in [0.1, 0.15) is 28.7 Å². The van der Waals surface area contributed by atoms with Crippen LogP contribution in [0, 0.1) is 13.8 Å². The van der Waals surface area contributed by atoms with E-state index in [1.807, 2.05) is 0 Å². The van der Waals surface area contributed by atoms with Crippen molar-refractivity contribution in [2.45, 2.75) is 42.3 Å². The number of carbonyl (C=O) groups is 3.